The van der Waals surface area contributed by atoms with E-state index in [4.69, 9.17) is 4.74 Å². The molecule has 0 radical (unpaired) electrons. The van der Waals surface area contributed by atoms with Gasteiger partial charge in [0.05, 0.1) is 31.6 Å². The van der Waals surface area contributed by atoms with Gasteiger partial charge in [0, 0.05) is 21.8 Å². The summed E-state index contributed by atoms with van der Waals surface area (Å²) in [4.78, 5) is 4.27. The molecule has 0 bridgehead atoms. The van der Waals surface area contributed by atoms with Gasteiger partial charge in [-0.2, -0.15) is 5.10 Å². The van der Waals surface area contributed by atoms with Gasteiger partial charge in [-0.1, -0.05) is 28.1 Å². The van der Waals surface area contributed by atoms with Crippen LogP contribution in [0.5, 0.6) is 5.75 Å². The molecule has 4 nitrogen and oxygen atoms in total. The number of aromatic nitrogens is 2. The Kier molecular flexibility index (Phi) is 4.13. The molecule has 25 heavy (non-hydrogen) atoms. The van der Waals surface area contributed by atoms with Crippen LogP contribution in [0.2, 0.25) is 0 Å². The molecule has 1 aliphatic rings. The quantitative estimate of drug-likeness (QED) is 0.650. The lowest BCUT2D eigenvalue weighted by atomic mass is 10.1. The summed E-state index contributed by atoms with van der Waals surface area (Å²) < 4.78 is 22.5. The van der Waals surface area contributed by atoms with E-state index >= 15 is 0 Å². The molecule has 6 heteroatoms. The second kappa shape index (κ2) is 6.44. The molecule has 2 aromatic carbocycles. The lowest BCUT2D eigenvalue weighted by molar-refractivity contribution is 0.413. The van der Waals surface area contributed by atoms with Crippen LogP contribution >= 0.6 is 15.9 Å². The van der Waals surface area contributed by atoms with Gasteiger partial charge in [-0.3, -0.25) is 9.67 Å². The zero-order valence-corrected chi connectivity index (χ0v) is 15.1. The molecule has 0 N–H and O–H groups in total. The normalized spacial score (nSPS) is 12.4. The van der Waals surface area contributed by atoms with E-state index in [1.54, 1.807) is 25.5 Å². The van der Waals surface area contributed by atoms with E-state index in [2.05, 4.69) is 26.0 Å². The van der Waals surface area contributed by atoms with Gasteiger partial charge in [0.25, 0.3) is 0 Å². The molecule has 0 spiro atoms. The first-order valence-corrected chi connectivity index (χ1v) is 8.63. The predicted molar refractivity (Wildman–Crippen MR) is 98.7 cm³/mol. The van der Waals surface area contributed by atoms with Crippen LogP contribution in [0.1, 0.15) is 16.8 Å². The summed E-state index contributed by atoms with van der Waals surface area (Å²) in [6.07, 6.45) is 1.78. The number of rotatable bonds is 4. The third kappa shape index (κ3) is 2.98. The lowest BCUT2D eigenvalue weighted by Gasteiger charge is -2.11. The van der Waals surface area contributed by atoms with Crippen molar-refractivity contribution in [1.29, 1.82) is 0 Å². The minimum atomic E-state index is -0.265. The van der Waals surface area contributed by atoms with Crippen LogP contribution < -0.4 is 4.74 Å². The SMILES string of the molecule is COc1cc(Br)cc(Cn2nc3c(c2-c2ccccc2F)C=NC3)c1. The van der Waals surface area contributed by atoms with Gasteiger partial charge in [-0.25, -0.2) is 4.39 Å². The van der Waals surface area contributed by atoms with Crippen molar-refractivity contribution >= 4 is 22.1 Å². The Bertz CT molecular complexity index is 981. The average molecular weight is 400 g/mol. The van der Waals surface area contributed by atoms with Crippen LogP contribution in [0.3, 0.4) is 0 Å². The highest BCUT2D eigenvalue weighted by Gasteiger charge is 2.22. The second-order valence-electron chi connectivity index (χ2n) is 5.82. The Morgan fingerprint density at radius 2 is 2.08 bits per heavy atom. The summed E-state index contributed by atoms with van der Waals surface area (Å²) in [5.74, 6) is 0.497. The molecule has 3 aromatic rings. The molecule has 2 heterocycles. The molecule has 0 amide bonds. The second-order valence-corrected chi connectivity index (χ2v) is 6.73. The van der Waals surface area contributed by atoms with Gasteiger partial charge in [0.1, 0.15) is 11.6 Å². The molecular weight excluding hydrogens is 385 g/mol. The van der Waals surface area contributed by atoms with Crippen LogP contribution in [0.4, 0.5) is 4.39 Å². The molecular formula is C19H15BrFN3O. The largest absolute Gasteiger partial charge is 0.497 e. The third-order valence-corrected chi connectivity index (χ3v) is 4.61. The Balaban J connectivity index is 1.83. The molecule has 126 valence electrons. The summed E-state index contributed by atoms with van der Waals surface area (Å²) in [5.41, 5.74) is 4.08. The molecule has 0 aliphatic carbocycles. The fraction of sp³-hybridized carbons (Fsp3) is 0.158. The first-order chi connectivity index (χ1) is 12.2. The van der Waals surface area contributed by atoms with Gasteiger partial charge >= 0.3 is 0 Å². The lowest BCUT2D eigenvalue weighted by Crippen LogP contribution is -2.06. The van der Waals surface area contributed by atoms with Crippen molar-refractivity contribution < 1.29 is 9.13 Å². The standard InChI is InChI=1S/C19H15BrFN3O/c1-25-14-7-12(6-13(20)8-14)11-24-19(15-4-2-3-5-17(15)21)16-9-22-10-18(16)23-24/h2-9H,10-11H2,1H3. The Hall–Kier alpha value is -2.47. The highest BCUT2D eigenvalue weighted by molar-refractivity contribution is 9.10. The fourth-order valence-corrected chi connectivity index (χ4v) is 3.58. The van der Waals surface area contributed by atoms with E-state index in [1.165, 1.54) is 6.07 Å². The van der Waals surface area contributed by atoms with Crippen molar-refractivity contribution in [2.24, 2.45) is 4.99 Å². The van der Waals surface area contributed by atoms with E-state index in [9.17, 15) is 4.39 Å². The summed E-state index contributed by atoms with van der Waals surface area (Å²) in [6, 6.07) is 12.6. The van der Waals surface area contributed by atoms with Crippen LogP contribution in [0.15, 0.2) is 51.9 Å². The highest BCUT2D eigenvalue weighted by Crippen LogP contribution is 2.31. The molecule has 0 saturated carbocycles. The van der Waals surface area contributed by atoms with Crippen LogP contribution in [-0.4, -0.2) is 23.1 Å². The van der Waals surface area contributed by atoms with E-state index in [0.29, 0.717) is 18.7 Å². The summed E-state index contributed by atoms with van der Waals surface area (Å²) >= 11 is 3.50. The number of methoxy groups -OCH3 is 1. The number of hydrogen-bond acceptors (Lipinski definition) is 3. The Morgan fingerprint density at radius 1 is 1.24 bits per heavy atom. The summed E-state index contributed by atoms with van der Waals surface area (Å²) in [6.45, 7) is 1.05. The van der Waals surface area contributed by atoms with Gasteiger partial charge in [0.2, 0.25) is 0 Å². The maximum absolute atomic E-state index is 14.4. The van der Waals surface area contributed by atoms with E-state index in [0.717, 1.165) is 32.7 Å². The number of aliphatic imine (C=N–C) groups is 1. The monoisotopic (exact) mass is 399 g/mol. The minimum Gasteiger partial charge on any atom is -0.497 e. The van der Waals surface area contributed by atoms with Crippen molar-refractivity contribution in [2.75, 3.05) is 7.11 Å². The molecule has 0 atom stereocenters. The van der Waals surface area contributed by atoms with Gasteiger partial charge in [-0.05, 0) is 35.9 Å². The van der Waals surface area contributed by atoms with Crippen molar-refractivity contribution in [3.63, 3.8) is 0 Å². The number of ether oxygens (including phenoxy) is 1. The fourth-order valence-electron chi connectivity index (χ4n) is 3.06. The molecule has 4 rings (SSSR count). The van der Waals surface area contributed by atoms with E-state index in [1.807, 2.05) is 28.9 Å². The Labute approximate surface area is 153 Å². The molecule has 1 aliphatic heterocycles. The summed E-state index contributed by atoms with van der Waals surface area (Å²) in [5, 5.41) is 4.66. The van der Waals surface area contributed by atoms with Crippen molar-refractivity contribution in [2.45, 2.75) is 13.1 Å². The summed E-state index contributed by atoms with van der Waals surface area (Å²) in [7, 11) is 1.63. The van der Waals surface area contributed by atoms with Gasteiger partial charge in [0.15, 0.2) is 0 Å². The Morgan fingerprint density at radius 3 is 2.88 bits per heavy atom. The zero-order chi connectivity index (χ0) is 17.4. The number of halogens is 2. The number of fused-ring (bicyclic) bond motifs is 1. The highest BCUT2D eigenvalue weighted by atomic mass is 79.9. The average Bonchev–Trinajstić information content (AvgIpc) is 3.16. The van der Waals surface area contributed by atoms with E-state index < -0.39 is 0 Å². The number of nitrogens with zero attached hydrogens (tertiary/aromatic N) is 3. The van der Waals surface area contributed by atoms with Crippen molar-refractivity contribution in [3.8, 4) is 17.0 Å². The maximum atomic E-state index is 14.4. The van der Waals surface area contributed by atoms with E-state index in [-0.39, 0.29) is 5.82 Å². The molecule has 1 aromatic heterocycles. The van der Waals surface area contributed by atoms with Crippen LogP contribution in [-0.2, 0) is 13.1 Å². The minimum absolute atomic E-state index is 0.265. The number of hydrogen-bond donors (Lipinski definition) is 0. The first kappa shape index (κ1) is 16.0. The smallest absolute Gasteiger partial charge is 0.132 e. The number of benzene rings is 2. The van der Waals surface area contributed by atoms with Crippen LogP contribution in [0.25, 0.3) is 11.3 Å². The van der Waals surface area contributed by atoms with Crippen molar-refractivity contribution in [1.82, 2.24) is 9.78 Å². The van der Waals surface area contributed by atoms with Gasteiger partial charge < -0.3 is 4.74 Å². The molecule has 0 saturated heterocycles. The van der Waals surface area contributed by atoms with Crippen molar-refractivity contribution in [3.05, 3.63) is 69.6 Å². The van der Waals surface area contributed by atoms with Crippen LogP contribution in [0, 0.1) is 5.82 Å². The molecule has 0 unspecified atom stereocenters. The molecule has 0 fully saturated rings. The first-order valence-electron chi connectivity index (χ1n) is 7.83. The third-order valence-electron chi connectivity index (χ3n) is 4.16. The topological polar surface area (TPSA) is 39.4 Å². The zero-order valence-electron chi connectivity index (χ0n) is 13.5. The van der Waals surface area contributed by atoms with Gasteiger partial charge in [-0.15, -0.1) is 0 Å². The maximum Gasteiger partial charge on any atom is 0.132 e. The predicted octanol–water partition coefficient (Wildman–Crippen LogP) is 4.44.